The van der Waals surface area contributed by atoms with Crippen LogP contribution in [0.25, 0.3) is 0 Å². The second kappa shape index (κ2) is 2.67. The molecule has 1 aliphatic rings. The Kier molecular flexibility index (Phi) is 1.88. The second-order valence-corrected chi connectivity index (χ2v) is 2.22. The first-order valence-corrected chi connectivity index (χ1v) is 3.28. The first-order chi connectivity index (χ1) is 4.34. The van der Waals surface area contributed by atoms with Gasteiger partial charge in [-0.05, 0) is 13.3 Å². The zero-order chi connectivity index (χ0) is 6.69. The molecule has 1 unspecified atom stereocenters. The molecule has 2 nitrogen and oxygen atoms in total. The van der Waals surface area contributed by atoms with E-state index >= 15 is 0 Å². The van der Waals surface area contributed by atoms with E-state index in [0.29, 0.717) is 5.92 Å². The molecular weight excluding hydrogens is 112 g/mol. The molecule has 0 fully saturated rings. The maximum absolute atomic E-state index is 4.08. The van der Waals surface area contributed by atoms with Crippen LogP contribution in [0.3, 0.4) is 0 Å². The van der Waals surface area contributed by atoms with Gasteiger partial charge in [0, 0.05) is 0 Å². The van der Waals surface area contributed by atoms with Gasteiger partial charge in [0.2, 0.25) is 6.17 Å². The lowest BCUT2D eigenvalue weighted by Gasteiger charge is -2.01. The highest BCUT2D eigenvalue weighted by atomic mass is 15.0. The largest absolute Gasteiger partial charge is 0.243 e. The summed E-state index contributed by atoms with van der Waals surface area (Å²) in [5.74, 6) is 0.514. The summed E-state index contributed by atoms with van der Waals surface area (Å²) >= 11 is 0. The minimum absolute atomic E-state index is 0.514. The van der Waals surface area contributed by atoms with Crippen LogP contribution in [-0.4, -0.2) is 12.4 Å². The van der Waals surface area contributed by atoms with Gasteiger partial charge >= 0.3 is 0 Å². The minimum Gasteiger partial charge on any atom is -0.0965 e. The molecule has 9 heavy (non-hydrogen) atoms. The number of hydrogen-bond acceptors (Lipinski definition) is 2. The van der Waals surface area contributed by atoms with E-state index in [0.717, 1.165) is 12.6 Å². The van der Waals surface area contributed by atoms with E-state index in [2.05, 4.69) is 23.8 Å². The molecule has 0 aromatic heterocycles. The molecule has 0 amide bonds. The normalized spacial score (nSPS) is 19.1. The van der Waals surface area contributed by atoms with E-state index in [1.165, 1.54) is 0 Å². The molecule has 0 spiro atoms. The van der Waals surface area contributed by atoms with Crippen LogP contribution in [0, 0.1) is 12.1 Å². The molecule has 2 heteroatoms. The lowest BCUT2D eigenvalue weighted by molar-refractivity contribution is 0.567. The summed E-state index contributed by atoms with van der Waals surface area (Å²) in [6.45, 7) is 4.27. The van der Waals surface area contributed by atoms with Crippen LogP contribution >= 0.6 is 0 Å². The van der Waals surface area contributed by atoms with Gasteiger partial charge in [-0.25, -0.2) is 0 Å². The van der Waals surface area contributed by atoms with Gasteiger partial charge in [-0.3, -0.25) is 0 Å². The fraction of sp³-hybridized carbons (Fsp3) is 0.571. The van der Waals surface area contributed by atoms with E-state index < -0.39 is 0 Å². The Morgan fingerprint density at radius 1 is 1.44 bits per heavy atom. The highest BCUT2D eigenvalue weighted by Crippen LogP contribution is 2.20. The summed E-state index contributed by atoms with van der Waals surface area (Å²) in [7, 11) is 0. The van der Waals surface area contributed by atoms with Crippen molar-refractivity contribution in [2.24, 2.45) is 15.9 Å². The lowest BCUT2D eigenvalue weighted by atomic mass is 10.1. The van der Waals surface area contributed by atoms with Gasteiger partial charge in [0.25, 0.3) is 0 Å². The van der Waals surface area contributed by atoms with Crippen molar-refractivity contribution in [2.45, 2.75) is 20.3 Å². The Balaban J connectivity index is 2.43. The zero-order valence-electron chi connectivity index (χ0n) is 5.83. The van der Waals surface area contributed by atoms with Crippen molar-refractivity contribution in [3.8, 4) is 0 Å². The molecule has 1 aliphatic heterocycles. The van der Waals surface area contributed by atoms with Gasteiger partial charge < -0.3 is 0 Å². The van der Waals surface area contributed by atoms with E-state index in [-0.39, 0.29) is 0 Å². The molecule has 0 aromatic carbocycles. The number of nitrogens with zero attached hydrogens (tertiary/aromatic N) is 2. The Morgan fingerprint density at radius 3 is 2.44 bits per heavy atom. The van der Waals surface area contributed by atoms with Crippen LogP contribution in [0.4, 0.5) is 0 Å². The maximum Gasteiger partial charge on any atom is 0.243 e. The molecule has 0 saturated heterocycles. The second-order valence-electron chi connectivity index (χ2n) is 2.22. The van der Waals surface area contributed by atoms with Crippen molar-refractivity contribution in [1.82, 2.24) is 0 Å². The summed E-state index contributed by atoms with van der Waals surface area (Å²) in [5, 5.41) is 0. The van der Waals surface area contributed by atoms with E-state index in [1.807, 2.05) is 0 Å². The molecule has 1 atom stereocenters. The SMILES string of the molecule is CCC(C)[C+]1N=CC=N1. The van der Waals surface area contributed by atoms with Crippen LogP contribution in [-0.2, 0) is 0 Å². The van der Waals surface area contributed by atoms with Crippen LogP contribution in [0.5, 0.6) is 0 Å². The van der Waals surface area contributed by atoms with Crippen molar-refractivity contribution in [2.75, 3.05) is 0 Å². The lowest BCUT2D eigenvalue weighted by Crippen LogP contribution is -1.99. The van der Waals surface area contributed by atoms with Gasteiger partial charge in [0.1, 0.15) is 0 Å². The van der Waals surface area contributed by atoms with Gasteiger partial charge in [-0.15, -0.1) is 0 Å². The van der Waals surface area contributed by atoms with Crippen LogP contribution in [0.2, 0.25) is 0 Å². The monoisotopic (exact) mass is 123 g/mol. The fourth-order valence-corrected chi connectivity index (χ4v) is 0.690. The van der Waals surface area contributed by atoms with Crippen LogP contribution < -0.4 is 0 Å². The summed E-state index contributed by atoms with van der Waals surface area (Å²) in [6.07, 6.45) is 5.56. The third-order valence-corrected chi connectivity index (χ3v) is 1.53. The smallest absolute Gasteiger partial charge is 0.0965 e. The maximum atomic E-state index is 4.08. The average Bonchev–Trinajstić information content (AvgIpc) is 2.37. The molecule has 1 rings (SSSR count). The third kappa shape index (κ3) is 1.31. The first-order valence-electron chi connectivity index (χ1n) is 3.28. The third-order valence-electron chi connectivity index (χ3n) is 1.53. The average molecular weight is 123 g/mol. The molecule has 48 valence electrons. The quantitative estimate of drug-likeness (QED) is 0.499. The minimum atomic E-state index is 0.514. The Hall–Kier alpha value is -0.790. The molecule has 0 aromatic rings. The Morgan fingerprint density at radius 2 is 2.00 bits per heavy atom. The Bertz CT molecular complexity index is 126. The standard InChI is InChI=1S/C7H11N2/c1-3-6(2)7-8-4-5-9-7/h4-6H,3H2,1-2H3/q+1. The molecule has 0 N–H and O–H groups in total. The van der Waals surface area contributed by atoms with Gasteiger partial charge in [-0.1, -0.05) is 16.9 Å². The predicted molar refractivity (Wildman–Crippen MR) is 39.7 cm³/mol. The van der Waals surface area contributed by atoms with Gasteiger partial charge in [0.05, 0.1) is 5.92 Å². The van der Waals surface area contributed by atoms with Crippen molar-refractivity contribution in [1.29, 1.82) is 0 Å². The summed E-state index contributed by atoms with van der Waals surface area (Å²) in [6, 6.07) is 0. The molecular formula is C7H11N2+. The number of hydrogen-bond donors (Lipinski definition) is 0. The van der Waals surface area contributed by atoms with E-state index in [1.54, 1.807) is 12.4 Å². The molecule has 0 radical (unpaired) electrons. The highest BCUT2D eigenvalue weighted by molar-refractivity contribution is 6.18. The van der Waals surface area contributed by atoms with E-state index in [4.69, 9.17) is 0 Å². The van der Waals surface area contributed by atoms with Crippen molar-refractivity contribution in [3.63, 3.8) is 0 Å². The van der Waals surface area contributed by atoms with Gasteiger partial charge in [0.15, 0.2) is 12.4 Å². The highest BCUT2D eigenvalue weighted by Gasteiger charge is 2.22. The fourth-order valence-electron chi connectivity index (χ4n) is 0.690. The van der Waals surface area contributed by atoms with E-state index in [9.17, 15) is 0 Å². The summed E-state index contributed by atoms with van der Waals surface area (Å²) in [4.78, 5) is 8.15. The molecule has 0 bridgehead atoms. The molecule has 0 aliphatic carbocycles. The van der Waals surface area contributed by atoms with Crippen LogP contribution in [0.15, 0.2) is 9.98 Å². The summed E-state index contributed by atoms with van der Waals surface area (Å²) in [5.41, 5.74) is 0. The first kappa shape index (κ1) is 6.33. The van der Waals surface area contributed by atoms with Crippen molar-refractivity contribution in [3.05, 3.63) is 6.17 Å². The van der Waals surface area contributed by atoms with Gasteiger partial charge in [-0.2, -0.15) is 0 Å². The number of rotatable bonds is 2. The summed E-state index contributed by atoms with van der Waals surface area (Å²) < 4.78 is 0. The zero-order valence-corrected chi connectivity index (χ0v) is 5.83. The molecule has 1 heterocycles. The Labute approximate surface area is 55.7 Å². The van der Waals surface area contributed by atoms with Crippen molar-refractivity contribution < 1.29 is 0 Å². The van der Waals surface area contributed by atoms with Crippen LogP contribution in [0.1, 0.15) is 20.3 Å². The topological polar surface area (TPSA) is 24.7 Å². The molecule has 0 saturated carbocycles. The predicted octanol–water partition coefficient (Wildman–Crippen LogP) is 1.68. The number of aliphatic imine (C=N–C) groups is 2. The van der Waals surface area contributed by atoms with Crippen molar-refractivity contribution >= 4 is 12.4 Å².